The molecular weight excluding hydrogens is 395 g/mol. The first-order valence-electron chi connectivity index (χ1n) is 10.2. The summed E-state index contributed by atoms with van der Waals surface area (Å²) in [6, 6.07) is 15.5. The first-order chi connectivity index (χ1) is 14.3. The lowest BCUT2D eigenvalue weighted by atomic mass is 9.72. The predicted octanol–water partition coefficient (Wildman–Crippen LogP) is 5.47. The summed E-state index contributed by atoms with van der Waals surface area (Å²) in [5.41, 5.74) is 1.36. The molecule has 2 aliphatic rings. The maximum Gasteiger partial charge on any atom is 0.573 e. The summed E-state index contributed by atoms with van der Waals surface area (Å²) in [5, 5.41) is 0. The number of hydrogen-bond donors (Lipinski definition) is 0. The third-order valence-electron chi connectivity index (χ3n) is 6.11. The molecule has 0 unspecified atom stereocenters. The van der Waals surface area contributed by atoms with Crippen molar-refractivity contribution in [2.75, 3.05) is 11.4 Å². The fraction of sp³-hybridized carbons (Fsp3) is 0.435. The first kappa shape index (κ1) is 20.7. The van der Waals surface area contributed by atoms with Gasteiger partial charge in [0.2, 0.25) is 5.91 Å². The molecule has 2 aromatic rings. The van der Waals surface area contributed by atoms with Gasteiger partial charge in [0.15, 0.2) is 0 Å². The van der Waals surface area contributed by atoms with Gasteiger partial charge in [-0.25, -0.2) is 0 Å². The number of rotatable bonds is 5. The molecule has 0 N–H and O–H groups in total. The molecule has 1 aliphatic heterocycles. The largest absolute Gasteiger partial charge is 0.573 e. The van der Waals surface area contributed by atoms with Gasteiger partial charge in [-0.2, -0.15) is 0 Å². The van der Waals surface area contributed by atoms with E-state index in [0.717, 1.165) is 37.7 Å². The maximum absolute atomic E-state index is 13.2. The number of ether oxygens (including phenoxy) is 2. The molecule has 1 saturated carbocycles. The van der Waals surface area contributed by atoms with Crippen molar-refractivity contribution in [3.8, 4) is 5.75 Å². The van der Waals surface area contributed by atoms with Gasteiger partial charge in [0, 0.05) is 12.2 Å². The van der Waals surface area contributed by atoms with Crippen LogP contribution < -0.4 is 9.64 Å². The Labute approximate surface area is 173 Å². The van der Waals surface area contributed by atoms with Crippen molar-refractivity contribution in [1.29, 1.82) is 0 Å². The lowest BCUT2D eigenvalue weighted by molar-refractivity contribution is -0.274. The van der Waals surface area contributed by atoms with E-state index in [-0.39, 0.29) is 23.2 Å². The van der Waals surface area contributed by atoms with Crippen molar-refractivity contribution in [3.63, 3.8) is 0 Å². The number of nitrogens with zero attached hydrogens (tertiary/aromatic N) is 1. The van der Waals surface area contributed by atoms with Gasteiger partial charge in [-0.15, -0.1) is 13.2 Å². The number of carbonyl (C=O) groups excluding carboxylic acids is 1. The zero-order valence-corrected chi connectivity index (χ0v) is 16.5. The summed E-state index contributed by atoms with van der Waals surface area (Å²) in [5.74, 6) is -0.225. The summed E-state index contributed by atoms with van der Waals surface area (Å²) in [7, 11) is 0. The summed E-state index contributed by atoms with van der Waals surface area (Å²) in [4.78, 5) is 14.8. The van der Waals surface area contributed by atoms with Crippen LogP contribution in [0.4, 0.5) is 18.9 Å². The van der Waals surface area contributed by atoms with E-state index in [1.54, 1.807) is 4.90 Å². The van der Waals surface area contributed by atoms with Gasteiger partial charge in [-0.3, -0.25) is 4.79 Å². The number of halogens is 3. The van der Waals surface area contributed by atoms with Crippen LogP contribution in [0, 0.1) is 5.41 Å². The molecule has 1 aliphatic carbocycles. The Bertz CT molecular complexity index is 860. The van der Waals surface area contributed by atoms with Crippen LogP contribution in [0.5, 0.6) is 5.75 Å². The smallest absolute Gasteiger partial charge is 0.406 e. The van der Waals surface area contributed by atoms with Crippen LogP contribution in [0.25, 0.3) is 0 Å². The van der Waals surface area contributed by atoms with Crippen molar-refractivity contribution in [1.82, 2.24) is 0 Å². The van der Waals surface area contributed by atoms with Gasteiger partial charge in [0.05, 0.1) is 18.1 Å². The molecule has 0 bridgehead atoms. The molecule has 2 fully saturated rings. The molecular formula is C23H24F3NO3. The lowest BCUT2D eigenvalue weighted by Gasteiger charge is -2.35. The Morgan fingerprint density at radius 3 is 2.27 bits per heavy atom. The molecule has 0 aromatic heterocycles. The summed E-state index contributed by atoms with van der Waals surface area (Å²) in [6.07, 6.45) is -0.589. The average Bonchev–Trinajstić information content (AvgIpc) is 3.04. The van der Waals surface area contributed by atoms with E-state index in [1.807, 2.05) is 30.3 Å². The number of alkyl halides is 3. The van der Waals surface area contributed by atoms with Gasteiger partial charge in [-0.1, -0.05) is 30.3 Å². The second-order valence-corrected chi connectivity index (χ2v) is 8.02. The molecule has 4 rings (SSSR count). The van der Waals surface area contributed by atoms with Crippen LogP contribution >= 0.6 is 0 Å². The minimum Gasteiger partial charge on any atom is -0.406 e. The van der Waals surface area contributed by atoms with Crippen LogP contribution in [-0.4, -0.2) is 24.9 Å². The molecule has 7 heteroatoms. The molecule has 1 heterocycles. The van der Waals surface area contributed by atoms with Crippen LogP contribution in [0.1, 0.15) is 37.7 Å². The van der Waals surface area contributed by atoms with Crippen molar-refractivity contribution in [2.24, 2.45) is 5.41 Å². The van der Waals surface area contributed by atoms with Gasteiger partial charge in [0.25, 0.3) is 0 Å². The fourth-order valence-electron chi connectivity index (χ4n) is 4.46. The third kappa shape index (κ3) is 4.61. The summed E-state index contributed by atoms with van der Waals surface area (Å²) < 4.78 is 46.9. The zero-order chi connectivity index (χ0) is 21.2. The number of hydrogen-bond acceptors (Lipinski definition) is 3. The highest BCUT2D eigenvalue weighted by molar-refractivity contribution is 6.00. The molecule has 30 heavy (non-hydrogen) atoms. The van der Waals surface area contributed by atoms with E-state index in [4.69, 9.17) is 4.74 Å². The van der Waals surface area contributed by atoms with Crippen LogP contribution in [0.2, 0.25) is 0 Å². The molecule has 1 amide bonds. The number of amides is 1. The molecule has 1 saturated heterocycles. The summed E-state index contributed by atoms with van der Waals surface area (Å²) >= 11 is 0. The third-order valence-corrected chi connectivity index (χ3v) is 6.11. The number of carbonyl (C=O) groups is 1. The van der Waals surface area contributed by atoms with E-state index >= 15 is 0 Å². The van der Waals surface area contributed by atoms with Crippen LogP contribution in [0.15, 0.2) is 54.6 Å². The Morgan fingerprint density at radius 2 is 1.63 bits per heavy atom. The Morgan fingerprint density at radius 1 is 0.967 bits per heavy atom. The summed E-state index contributed by atoms with van der Waals surface area (Å²) in [6.45, 7) is 1.15. The van der Waals surface area contributed by atoms with Crippen molar-refractivity contribution in [2.45, 2.75) is 51.2 Å². The van der Waals surface area contributed by atoms with Crippen molar-refractivity contribution < 1.29 is 27.4 Å². The van der Waals surface area contributed by atoms with E-state index < -0.39 is 6.36 Å². The monoisotopic (exact) mass is 419 g/mol. The van der Waals surface area contributed by atoms with E-state index in [9.17, 15) is 18.0 Å². The van der Waals surface area contributed by atoms with E-state index in [0.29, 0.717) is 18.8 Å². The highest BCUT2D eigenvalue weighted by Crippen LogP contribution is 2.46. The standard InChI is InChI=1S/C23H24F3NO3/c24-23(25,26)30-20-8-6-18(7-9-20)27-15-14-22(21(27)28)12-10-19(11-13-22)29-16-17-4-2-1-3-5-17/h1-9,19H,10-16H2/t19-,22-. The minimum absolute atomic E-state index is 0.0634. The molecule has 2 aromatic carbocycles. The highest BCUT2D eigenvalue weighted by atomic mass is 19.4. The Hall–Kier alpha value is -2.54. The molecule has 0 radical (unpaired) electrons. The van der Waals surface area contributed by atoms with E-state index in [1.165, 1.54) is 24.3 Å². The predicted molar refractivity (Wildman–Crippen MR) is 106 cm³/mol. The maximum atomic E-state index is 13.2. The van der Waals surface area contributed by atoms with Gasteiger partial charge in [-0.05, 0) is 61.9 Å². The zero-order valence-electron chi connectivity index (χ0n) is 16.5. The second-order valence-electron chi connectivity index (χ2n) is 8.02. The molecule has 4 nitrogen and oxygen atoms in total. The number of anilines is 1. The van der Waals surface area contributed by atoms with Crippen molar-refractivity contribution >= 4 is 11.6 Å². The van der Waals surface area contributed by atoms with Gasteiger partial charge < -0.3 is 14.4 Å². The first-order valence-corrected chi connectivity index (χ1v) is 10.2. The fourth-order valence-corrected chi connectivity index (χ4v) is 4.46. The second kappa shape index (κ2) is 8.30. The highest BCUT2D eigenvalue weighted by Gasteiger charge is 2.48. The molecule has 160 valence electrons. The van der Waals surface area contributed by atoms with Crippen LogP contribution in [-0.2, 0) is 16.1 Å². The Balaban J connectivity index is 1.33. The van der Waals surface area contributed by atoms with Crippen molar-refractivity contribution in [3.05, 3.63) is 60.2 Å². The quantitative estimate of drug-likeness (QED) is 0.645. The minimum atomic E-state index is -4.73. The molecule has 1 spiro atoms. The van der Waals surface area contributed by atoms with Gasteiger partial charge >= 0.3 is 6.36 Å². The number of benzene rings is 2. The Kier molecular flexibility index (Phi) is 5.73. The molecule has 0 atom stereocenters. The van der Waals surface area contributed by atoms with Gasteiger partial charge in [0.1, 0.15) is 5.75 Å². The lowest BCUT2D eigenvalue weighted by Crippen LogP contribution is -2.39. The normalized spacial score (nSPS) is 24.4. The van der Waals surface area contributed by atoms with E-state index in [2.05, 4.69) is 4.74 Å². The average molecular weight is 419 g/mol. The van der Waals surface area contributed by atoms with Crippen LogP contribution in [0.3, 0.4) is 0 Å². The SMILES string of the molecule is O=C1N(c2ccc(OC(F)(F)F)cc2)CC[C@]12CC[C@@H](OCc1ccccc1)CC2. The topological polar surface area (TPSA) is 38.8 Å².